The molecule has 0 saturated carbocycles. The van der Waals surface area contributed by atoms with Crippen molar-refractivity contribution in [3.05, 3.63) is 29.8 Å². The van der Waals surface area contributed by atoms with Crippen molar-refractivity contribution >= 4 is 33.6 Å². The Labute approximate surface area is 182 Å². The van der Waals surface area contributed by atoms with E-state index in [4.69, 9.17) is 0 Å². The summed E-state index contributed by atoms with van der Waals surface area (Å²) < 4.78 is 65.6. The number of thioether (sulfide) groups is 1. The molecule has 0 aliphatic carbocycles. The molecule has 3 heterocycles. The largest absolute Gasteiger partial charge is 0.416 e. The summed E-state index contributed by atoms with van der Waals surface area (Å²) in [5, 5.41) is 0. The summed E-state index contributed by atoms with van der Waals surface area (Å²) in [5.74, 6) is 0.253. The summed E-state index contributed by atoms with van der Waals surface area (Å²) >= 11 is 1.58. The van der Waals surface area contributed by atoms with Crippen molar-refractivity contribution < 1.29 is 31.2 Å². The normalized spacial score (nSPS) is 27.6. The molecular weight excluding hydrogens is 455 g/mol. The van der Waals surface area contributed by atoms with Gasteiger partial charge in [0.2, 0.25) is 21.8 Å². The van der Waals surface area contributed by atoms with Crippen LogP contribution in [0.2, 0.25) is 0 Å². The third-order valence-corrected chi connectivity index (χ3v) is 9.48. The summed E-state index contributed by atoms with van der Waals surface area (Å²) in [6.07, 6.45) is -3.53. The monoisotopic (exact) mass is 477 g/mol. The first kappa shape index (κ1) is 22.4. The van der Waals surface area contributed by atoms with Crippen LogP contribution in [-0.4, -0.2) is 77.2 Å². The van der Waals surface area contributed by atoms with E-state index in [1.807, 2.05) is 6.92 Å². The molecule has 0 N–H and O–H groups in total. The highest BCUT2D eigenvalue weighted by atomic mass is 32.2. The molecule has 2 atom stereocenters. The molecule has 3 saturated heterocycles. The standard InChI is InChI=1S/C19H22F3N3O4S2/c1-18-6-5-16(26)25(18)15(12-30-18)17(27)23-7-9-24(10-8-23)31(28,29)14-4-2-3-13(11-14)19(20,21)22/h2-4,11,15H,5-10,12H2,1H3/t15-,18+/m0/s1. The van der Waals surface area contributed by atoms with Gasteiger partial charge in [-0.25, -0.2) is 8.42 Å². The molecule has 12 heteroatoms. The molecule has 4 rings (SSSR count). The number of carbonyl (C=O) groups excluding carboxylic acids is 2. The van der Waals surface area contributed by atoms with Gasteiger partial charge < -0.3 is 9.80 Å². The third kappa shape index (κ3) is 3.93. The third-order valence-electron chi connectivity index (χ3n) is 6.08. The van der Waals surface area contributed by atoms with Crippen molar-refractivity contribution in [3.63, 3.8) is 0 Å². The maximum Gasteiger partial charge on any atom is 0.416 e. The Morgan fingerprint density at radius 2 is 1.87 bits per heavy atom. The first-order chi connectivity index (χ1) is 14.4. The highest BCUT2D eigenvalue weighted by Crippen LogP contribution is 2.47. The van der Waals surface area contributed by atoms with Gasteiger partial charge in [0, 0.05) is 38.4 Å². The number of hydrogen-bond donors (Lipinski definition) is 0. The zero-order chi connectivity index (χ0) is 22.6. The maximum atomic E-state index is 13.0. The lowest BCUT2D eigenvalue weighted by molar-refractivity contribution is -0.144. The smallest absolute Gasteiger partial charge is 0.338 e. The first-order valence-corrected chi connectivity index (χ1v) is 12.3. The molecule has 1 aromatic rings. The molecule has 3 aliphatic heterocycles. The number of amides is 2. The molecule has 0 unspecified atom stereocenters. The second kappa shape index (κ2) is 7.66. The summed E-state index contributed by atoms with van der Waals surface area (Å²) in [4.78, 5) is 27.7. The van der Waals surface area contributed by atoms with Crippen LogP contribution >= 0.6 is 11.8 Å². The summed E-state index contributed by atoms with van der Waals surface area (Å²) in [5.41, 5.74) is -1.03. The second-order valence-electron chi connectivity index (χ2n) is 8.02. The predicted octanol–water partition coefficient (Wildman–Crippen LogP) is 1.99. The first-order valence-electron chi connectivity index (χ1n) is 9.86. The second-order valence-corrected chi connectivity index (χ2v) is 11.5. The molecule has 2 amide bonds. The topological polar surface area (TPSA) is 78.0 Å². The van der Waals surface area contributed by atoms with Crippen LogP contribution in [0.3, 0.4) is 0 Å². The number of alkyl halides is 3. The van der Waals surface area contributed by atoms with E-state index in [9.17, 15) is 31.2 Å². The minimum Gasteiger partial charge on any atom is -0.338 e. The van der Waals surface area contributed by atoms with Crippen LogP contribution in [0, 0.1) is 0 Å². The zero-order valence-corrected chi connectivity index (χ0v) is 18.4. The molecule has 7 nitrogen and oxygen atoms in total. The van der Waals surface area contributed by atoms with Crippen molar-refractivity contribution in [2.24, 2.45) is 0 Å². The molecule has 0 radical (unpaired) electrons. The van der Waals surface area contributed by atoms with Gasteiger partial charge in [0.1, 0.15) is 6.04 Å². The molecule has 0 bridgehead atoms. The van der Waals surface area contributed by atoms with Crippen LogP contribution < -0.4 is 0 Å². The molecule has 170 valence electrons. The highest BCUT2D eigenvalue weighted by Gasteiger charge is 2.53. The van der Waals surface area contributed by atoms with E-state index in [0.29, 0.717) is 24.7 Å². The highest BCUT2D eigenvalue weighted by molar-refractivity contribution is 8.01. The van der Waals surface area contributed by atoms with Crippen molar-refractivity contribution in [3.8, 4) is 0 Å². The SMILES string of the molecule is C[C@@]12CCC(=O)N1[C@H](C(=O)N1CCN(S(=O)(=O)c3cccc(C(F)(F)F)c3)CC1)CS2. The van der Waals surface area contributed by atoms with Crippen molar-refractivity contribution in [1.29, 1.82) is 0 Å². The molecule has 3 fully saturated rings. The number of carbonyl (C=O) groups is 2. The number of benzene rings is 1. The Bertz CT molecular complexity index is 1010. The van der Waals surface area contributed by atoms with Crippen molar-refractivity contribution in [1.82, 2.24) is 14.1 Å². The Morgan fingerprint density at radius 1 is 1.19 bits per heavy atom. The van der Waals surface area contributed by atoms with E-state index >= 15 is 0 Å². The van der Waals surface area contributed by atoms with Gasteiger partial charge in [-0.2, -0.15) is 17.5 Å². The van der Waals surface area contributed by atoms with Gasteiger partial charge in [0.25, 0.3) is 0 Å². The lowest BCUT2D eigenvalue weighted by atomic mass is 10.2. The Hall–Kier alpha value is -1.79. The quantitative estimate of drug-likeness (QED) is 0.666. The number of piperazine rings is 1. The summed E-state index contributed by atoms with van der Waals surface area (Å²) in [6, 6.07) is 3.09. The van der Waals surface area contributed by atoms with Crippen LogP contribution in [0.15, 0.2) is 29.2 Å². The lowest BCUT2D eigenvalue weighted by Gasteiger charge is -2.37. The van der Waals surface area contributed by atoms with Crippen LogP contribution in [0.1, 0.15) is 25.3 Å². The van der Waals surface area contributed by atoms with Gasteiger partial charge >= 0.3 is 6.18 Å². The maximum absolute atomic E-state index is 13.0. The Kier molecular flexibility index (Phi) is 5.54. The van der Waals surface area contributed by atoms with Crippen molar-refractivity contribution in [2.75, 3.05) is 31.9 Å². The fourth-order valence-corrected chi connectivity index (χ4v) is 7.24. The van der Waals surface area contributed by atoms with Gasteiger partial charge in [-0.15, -0.1) is 11.8 Å². The van der Waals surface area contributed by atoms with Crippen LogP contribution in [0.4, 0.5) is 13.2 Å². The zero-order valence-electron chi connectivity index (χ0n) is 16.8. The van der Waals surface area contributed by atoms with Crippen LogP contribution in [-0.2, 0) is 25.8 Å². The van der Waals surface area contributed by atoms with Crippen LogP contribution in [0.5, 0.6) is 0 Å². The van der Waals surface area contributed by atoms with E-state index in [1.54, 1.807) is 21.6 Å². The van der Waals surface area contributed by atoms with Gasteiger partial charge in [0.05, 0.1) is 15.3 Å². The Balaban J connectivity index is 1.44. The fraction of sp³-hybridized carbons (Fsp3) is 0.579. The van der Waals surface area contributed by atoms with Gasteiger partial charge in [-0.3, -0.25) is 9.59 Å². The van der Waals surface area contributed by atoms with Gasteiger partial charge in [-0.05, 0) is 31.5 Å². The van der Waals surface area contributed by atoms with E-state index in [2.05, 4.69) is 0 Å². The summed E-state index contributed by atoms with van der Waals surface area (Å²) in [6.45, 7) is 2.16. The van der Waals surface area contributed by atoms with Crippen LogP contribution in [0.25, 0.3) is 0 Å². The minimum absolute atomic E-state index is 0.0185. The fourth-order valence-electron chi connectivity index (χ4n) is 4.34. The number of sulfonamides is 1. The molecule has 0 spiro atoms. The Morgan fingerprint density at radius 3 is 2.52 bits per heavy atom. The van der Waals surface area contributed by atoms with E-state index in [0.717, 1.165) is 22.5 Å². The summed E-state index contributed by atoms with van der Waals surface area (Å²) in [7, 11) is -4.12. The van der Waals surface area contributed by atoms with E-state index < -0.39 is 32.7 Å². The predicted molar refractivity (Wildman–Crippen MR) is 108 cm³/mol. The number of rotatable bonds is 3. The molecule has 0 aromatic heterocycles. The number of nitrogens with zero attached hydrogens (tertiary/aromatic N) is 3. The van der Waals surface area contributed by atoms with Crippen molar-refractivity contribution in [2.45, 2.75) is 41.7 Å². The molecule has 1 aromatic carbocycles. The van der Waals surface area contributed by atoms with Gasteiger partial charge in [-0.1, -0.05) is 6.07 Å². The number of halogens is 3. The molecule has 3 aliphatic rings. The lowest BCUT2D eigenvalue weighted by Crippen LogP contribution is -2.56. The number of hydrogen-bond acceptors (Lipinski definition) is 5. The van der Waals surface area contributed by atoms with E-state index in [1.165, 1.54) is 0 Å². The molecule has 31 heavy (non-hydrogen) atoms. The number of fused-ring (bicyclic) bond motifs is 1. The minimum atomic E-state index is -4.64. The van der Waals surface area contributed by atoms with E-state index in [-0.39, 0.29) is 42.9 Å². The average molecular weight is 478 g/mol. The molecular formula is C19H22F3N3O4S2. The van der Waals surface area contributed by atoms with Gasteiger partial charge in [0.15, 0.2) is 0 Å². The average Bonchev–Trinajstić information content (AvgIpc) is 3.22.